The largest absolute Gasteiger partial charge is 0.472 e. The van der Waals surface area contributed by atoms with E-state index in [1.54, 1.807) is 0 Å². The number of unbranched alkanes of at least 4 members (excludes halogenated alkanes) is 19. The summed E-state index contributed by atoms with van der Waals surface area (Å²) in [6.07, 6.45) is 45.9. The van der Waals surface area contributed by atoms with Crippen molar-refractivity contribution in [2.24, 2.45) is 0 Å². The highest BCUT2D eigenvalue weighted by molar-refractivity contribution is 7.47. The molecule has 9 nitrogen and oxygen atoms in total. The van der Waals surface area contributed by atoms with E-state index in [4.69, 9.17) is 18.5 Å². The van der Waals surface area contributed by atoms with Gasteiger partial charge in [-0.2, -0.15) is 0 Å². The molecule has 2 atom stereocenters. The average Bonchev–Trinajstić information content (AvgIpc) is 3.16. The van der Waals surface area contributed by atoms with Crippen molar-refractivity contribution in [1.29, 1.82) is 0 Å². The zero-order valence-electron chi connectivity index (χ0n) is 37.3. The van der Waals surface area contributed by atoms with Crippen LogP contribution in [-0.2, 0) is 32.7 Å². The van der Waals surface area contributed by atoms with Crippen LogP contribution in [0.1, 0.15) is 187 Å². The lowest BCUT2D eigenvalue weighted by Crippen LogP contribution is -2.37. The van der Waals surface area contributed by atoms with Crippen LogP contribution in [0, 0.1) is 0 Å². The molecule has 57 heavy (non-hydrogen) atoms. The van der Waals surface area contributed by atoms with Gasteiger partial charge in [0.2, 0.25) is 0 Å². The maximum atomic E-state index is 12.7. The van der Waals surface area contributed by atoms with E-state index in [0.717, 1.165) is 83.5 Å². The number of nitrogens with zero attached hydrogens (tertiary/aromatic N) is 1. The topological polar surface area (TPSA) is 108 Å². The summed E-state index contributed by atoms with van der Waals surface area (Å²) in [4.78, 5) is 35.3. The molecule has 0 heterocycles. The first-order valence-electron chi connectivity index (χ1n) is 22.9. The van der Waals surface area contributed by atoms with Crippen LogP contribution in [0.2, 0.25) is 0 Å². The lowest BCUT2D eigenvalue weighted by molar-refractivity contribution is -0.870. The van der Waals surface area contributed by atoms with Gasteiger partial charge in [-0.15, -0.1) is 0 Å². The molecule has 0 saturated heterocycles. The highest BCUT2D eigenvalue weighted by Crippen LogP contribution is 2.43. The molecule has 0 saturated carbocycles. The summed E-state index contributed by atoms with van der Waals surface area (Å²) in [5, 5.41) is 0. The summed E-state index contributed by atoms with van der Waals surface area (Å²) in [6.45, 7) is 4.32. The van der Waals surface area contributed by atoms with E-state index < -0.39 is 26.5 Å². The Morgan fingerprint density at radius 3 is 1.49 bits per heavy atom. The van der Waals surface area contributed by atoms with Crippen molar-refractivity contribution in [3.63, 3.8) is 0 Å². The second kappa shape index (κ2) is 39.4. The van der Waals surface area contributed by atoms with Gasteiger partial charge in [0.05, 0.1) is 27.7 Å². The summed E-state index contributed by atoms with van der Waals surface area (Å²) in [7, 11) is 1.46. The van der Waals surface area contributed by atoms with E-state index in [2.05, 4.69) is 62.5 Å². The Morgan fingerprint density at radius 2 is 0.982 bits per heavy atom. The van der Waals surface area contributed by atoms with Crippen molar-refractivity contribution >= 4 is 19.8 Å². The normalized spacial score (nSPS) is 14.0. The molecule has 0 bridgehead atoms. The third kappa shape index (κ3) is 43.4. The fourth-order valence-corrected chi connectivity index (χ4v) is 6.71. The number of hydrogen-bond donors (Lipinski definition) is 1. The molecule has 0 rings (SSSR count). The van der Waals surface area contributed by atoms with Crippen LogP contribution in [0.25, 0.3) is 0 Å². The Bertz CT molecular complexity index is 1110. The third-order valence-electron chi connectivity index (χ3n) is 9.56. The number of allylic oxidation sites excluding steroid dienone is 8. The number of carbonyl (C=O) groups is 2. The predicted molar refractivity (Wildman–Crippen MR) is 238 cm³/mol. The summed E-state index contributed by atoms with van der Waals surface area (Å²) in [5.74, 6) is -0.821. The number of rotatable bonds is 41. The highest BCUT2D eigenvalue weighted by atomic mass is 31.2. The number of ether oxygens (including phenoxy) is 2. The van der Waals surface area contributed by atoms with Crippen LogP contribution in [0.15, 0.2) is 48.6 Å². The van der Waals surface area contributed by atoms with Gasteiger partial charge >= 0.3 is 19.8 Å². The van der Waals surface area contributed by atoms with Crippen molar-refractivity contribution < 1.29 is 42.1 Å². The van der Waals surface area contributed by atoms with Gasteiger partial charge in [-0.3, -0.25) is 18.6 Å². The predicted octanol–water partition coefficient (Wildman–Crippen LogP) is 13.1. The SMILES string of the molecule is CCC/C=C\CCCCCCCC(=O)OCC(COP(=O)(O)OCC[N+](C)(C)C)OC(=O)CCCCCCCCCC/C=C\C/C=C\C/C=C\CCCCCCC. The molecule has 0 aliphatic heterocycles. The first kappa shape index (κ1) is 55.0. The van der Waals surface area contributed by atoms with Crippen molar-refractivity contribution in [3.8, 4) is 0 Å². The quantitative estimate of drug-likeness (QED) is 0.0213. The van der Waals surface area contributed by atoms with Crippen LogP contribution in [0.3, 0.4) is 0 Å². The lowest BCUT2D eigenvalue weighted by Gasteiger charge is -2.24. The first-order valence-corrected chi connectivity index (χ1v) is 24.4. The van der Waals surface area contributed by atoms with Gasteiger partial charge in [0.1, 0.15) is 19.8 Å². The maximum absolute atomic E-state index is 12.7. The molecule has 332 valence electrons. The van der Waals surface area contributed by atoms with Crippen LogP contribution < -0.4 is 0 Å². The zero-order chi connectivity index (χ0) is 42.1. The third-order valence-corrected chi connectivity index (χ3v) is 10.5. The Hall–Kier alpha value is -2.03. The summed E-state index contributed by atoms with van der Waals surface area (Å²) in [6, 6.07) is 0. The second-order valence-corrected chi connectivity index (χ2v) is 17.9. The molecule has 0 radical (unpaired) electrons. The molecule has 0 spiro atoms. The molecule has 0 fully saturated rings. The van der Waals surface area contributed by atoms with Crippen LogP contribution in [0.5, 0.6) is 0 Å². The number of phosphoric acid groups is 1. The fourth-order valence-electron chi connectivity index (χ4n) is 5.96. The van der Waals surface area contributed by atoms with Crippen molar-refractivity contribution in [2.45, 2.75) is 193 Å². The van der Waals surface area contributed by atoms with Gasteiger partial charge in [0.15, 0.2) is 6.10 Å². The molecular weight excluding hydrogens is 737 g/mol. The molecule has 0 aromatic rings. The van der Waals surface area contributed by atoms with Crippen molar-refractivity contribution in [2.75, 3.05) is 47.5 Å². The van der Waals surface area contributed by atoms with E-state index >= 15 is 0 Å². The molecule has 2 unspecified atom stereocenters. The first-order chi connectivity index (χ1) is 27.5. The van der Waals surface area contributed by atoms with Gasteiger partial charge in [-0.1, -0.05) is 152 Å². The summed E-state index contributed by atoms with van der Waals surface area (Å²) < 4.78 is 34.3. The van der Waals surface area contributed by atoms with Gasteiger partial charge in [-0.25, -0.2) is 4.57 Å². The second-order valence-electron chi connectivity index (χ2n) is 16.4. The van der Waals surface area contributed by atoms with E-state index in [1.807, 2.05) is 21.1 Å². The molecule has 0 amide bonds. The van der Waals surface area contributed by atoms with Gasteiger partial charge in [0.25, 0.3) is 0 Å². The summed E-state index contributed by atoms with van der Waals surface area (Å²) in [5.41, 5.74) is 0. The minimum absolute atomic E-state index is 0.0274. The van der Waals surface area contributed by atoms with E-state index in [1.165, 1.54) is 70.6 Å². The van der Waals surface area contributed by atoms with Crippen molar-refractivity contribution in [1.82, 2.24) is 0 Å². The van der Waals surface area contributed by atoms with Gasteiger partial charge in [0, 0.05) is 12.8 Å². The minimum atomic E-state index is -4.38. The minimum Gasteiger partial charge on any atom is -0.462 e. The number of likely N-dealkylation sites (N-methyl/N-ethyl adjacent to an activating group) is 1. The van der Waals surface area contributed by atoms with E-state index in [0.29, 0.717) is 17.4 Å². The summed E-state index contributed by atoms with van der Waals surface area (Å²) >= 11 is 0. The van der Waals surface area contributed by atoms with Crippen LogP contribution >= 0.6 is 7.82 Å². The Balaban J connectivity index is 4.27. The molecule has 0 aromatic heterocycles. The van der Waals surface area contributed by atoms with Gasteiger partial charge in [-0.05, 0) is 70.6 Å². The Kier molecular flexibility index (Phi) is 38.0. The Labute approximate surface area is 350 Å². The molecule has 10 heteroatoms. The molecule has 1 N–H and O–H groups in total. The maximum Gasteiger partial charge on any atom is 0.472 e. The zero-order valence-corrected chi connectivity index (χ0v) is 38.2. The molecule has 0 aliphatic carbocycles. The number of hydrogen-bond acceptors (Lipinski definition) is 7. The Morgan fingerprint density at radius 1 is 0.544 bits per heavy atom. The molecular formula is C47H87NO8P+. The van der Waals surface area contributed by atoms with Crippen LogP contribution in [-0.4, -0.2) is 74.9 Å². The fraction of sp³-hybridized carbons (Fsp3) is 0.787. The average molecular weight is 825 g/mol. The number of esters is 2. The number of carbonyl (C=O) groups excluding carboxylic acids is 2. The smallest absolute Gasteiger partial charge is 0.462 e. The monoisotopic (exact) mass is 825 g/mol. The number of quaternary nitrogens is 1. The van der Waals surface area contributed by atoms with E-state index in [-0.39, 0.29) is 32.0 Å². The van der Waals surface area contributed by atoms with Crippen molar-refractivity contribution in [3.05, 3.63) is 48.6 Å². The lowest BCUT2D eigenvalue weighted by atomic mass is 10.1. The standard InChI is InChI=1S/C47H86NO8P/c1-6-8-10-12-14-16-18-19-20-21-22-23-24-25-26-27-28-29-30-32-34-36-38-40-47(50)56-45(44-55-57(51,52)54-42-41-48(3,4)5)43-53-46(49)39-37-35-33-31-17-15-13-11-9-7-2/h11,13,18-19,21-22,24-25,45H,6-10,12,14-17,20,23,26-44H2,1-5H3/p+1/b13-11-,19-18-,22-21-,25-24-. The van der Waals surface area contributed by atoms with Gasteiger partial charge < -0.3 is 18.9 Å². The van der Waals surface area contributed by atoms with E-state index in [9.17, 15) is 19.0 Å². The highest BCUT2D eigenvalue weighted by Gasteiger charge is 2.27. The molecule has 0 aliphatic rings. The molecule has 0 aromatic carbocycles. The number of phosphoric ester groups is 1. The van der Waals surface area contributed by atoms with Crippen LogP contribution in [0.4, 0.5) is 0 Å².